The number of hydrogen-bond acceptors (Lipinski definition) is 3. The molecule has 0 aromatic heterocycles. The van der Waals surface area contributed by atoms with Gasteiger partial charge in [-0.1, -0.05) is 31.4 Å². The number of benzene rings is 1. The standard InChI is InChI=1S/C23H35N3O2/c1-28-21-10-5-7-19(15-21)16-25-13-6-11-23(17-25)12-14-26(18-23)22(27)24-20-8-3-2-4-9-20/h5,7,10,15,20H,2-4,6,8-9,11-14,16-18H2,1H3,(H,24,27). The molecule has 4 rings (SSSR count). The van der Waals surface area contributed by atoms with Crippen molar-refractivity contribution in [1.29, 1.82) is 0 Å². The zero-order valence-electron chi connectivity index (χ0n) is 17.3. The molecule has 0 bridgehead atoms. The molecular formula is C23H35N3O2. The quantitative estimate of drug-likeness (QED) is 0.851. The average molecular weight is 386 g/mol. The molecule has 2 saturated heterocycles. The maximum absolute atomic E-state index is 12.8. The van der Waals surface area contributed by atoms with Crippen LogP contribution in [-0.2, 0) is 6.54 Å². The maximum Gasteiger partial charge on any atom is 0.317 e. The molecule has 2 aliphatic heterocycles. The normalized spacial score (nSPS) is 26.5. The van der Waals surface area contributed by atoms with Crippen LogP contribution in [0.4, 0.5) is 4.79 Å². The highest BCUT2D eigenvalue weighted by molar-refractivity contribution is 5.75. The summed E-state index contributed by atoms with van der Waals surface area (Å²) in [4.78, 5) is 17.4. The van der Waals surface area contributed by atoms with Crippen molar-refractivity contribution in [2.75, 3.05) is 33.3 Å². The zero-order chi connectivity index (χ0) is 19.4. The lowest BCUT2D eigenvalue weighted by molar-refractivity contribution is 0.0894. The van der Waals surface area contributed by atoms with Gasteiger partial charge < -0.3 is 15.0 Å². The molecule has 0 radical (unpaired) electrons. The van der Waals surface area contributed by atoms with E-state index in [1.807, 2.05) is 6.07 Å². The Labute approximate surface area is 169 Å². The van der Waals surface area contributed by atoms with Crippen LogP contribution in [0.15, 0.2) is 24.3 Å². The summed E-state index contributed by atoms with van der Waals surface area (Å²) in [6.07, 6.45) is 9.75. The fourth-order valence-corrected chi connectivity index (χ4v) is 5.43. The number of hydrogen-bond donors (Lipinski definition) is 1. The Bertz CT molecular complexity index is 674. The summed E-state index contributed by atoms with van der Waals surface area (Å²) >= 11 is 0. The van der Waals surface area contributed by atoms with Crippen LogP contribution in [0.25, 0.3) is 0 Å². The number of rotatable bonds is 4. The van der Waals surface area contributed by atoms with E-state index < -0.39 is 0 Å². The van der Waals surface area contributed by atoms with Gasteiger partial charge in [0.15, 0.2) is 0 Å². The molecule has 1 unspecified atom stereocenters. The number of piperidine rings is 1. The molecule has 5 heteroatoms. The Morgan fingerprint density at radius 1 is 1.14 bits per heavy atom. The lowest BCUT2D eigenvalue weighted by Gasteiger charge is -2.40. The van der Waals surface area contributed by atoms with Gasteiger partial charge in [-0.15, -0.1) is 0 Å². The molecule has 154 valence electrons. The first kappa shape index (κ1) is 19.6. The van der Waals surface area contributed by atoms with E-state index in [4.69, 9.17) is 4.74 Å². The van der Waals surface area contributed by atoms with Crippen LogP contribution in [0.5, 0.6) is 5.75 Å². The predicted molar refractivity (Wildman–Crippen MR) is 112 cm³/mol. The summed E-state index contributed by atoms with van der Waals surface area (Å²) in [6, 6.07) is 8.96. The van der Waals surface area contributed by atoms with Crippen LogP contribution >= 0.6 is 0 Å². The third kappa shape index (κ3) is 4.62. The highest BCUT2D eigenvalue weighted by atomic mass is 16.5. The van der Waals surface area contributed by atoms with E-state index in [9.17, 15) is 4.79 Å². The van der Waals surface area contributed by atoms with Gasteiger partial charge in [-0.3, -0.25) is 4.90 Å². The smallest absolute Gasteiger partial charge is 0.317 e. The molecular weight excluding hydrogens is 350 g/mol. The van der Waals surface area contributed by atoms with Crippen molar-refractivity contribution in [3.8, 4) is 5.75 Å². The van der Waals surface area contributed by atoms with Crippen molar-refractivity contribution in [2.24, 2.45) is 5.41 Å². The lowest BCUT2D eigenvalue weighted by atomic mass is 9.79. The Morgan fingerprint density at radius 2 is 2.00 bits per heavy atom. The van der Waals surface area contributed by atoms with E-state index >= 15 is 0 Å². The lowest BCUT2D eigenvalue weighted by Crippen LogP contribution is -2.48. The molecule has 28 heavy (non-hydrogen) atoms. The van der Waals surface area contributed by atoms with Gasteiger partial charge in [-0.25, -0.2) is 4.79 Å². The second-order valence-corrected chi connectivity index (χ2v) is 9.12. The van der Waals surface area contributed by atoms with Gasteiger partial charge >= 0.3 is 6.03 Å². The second kappa shape index (κ2) is 8.73. The summed E-state index contributed by atoms with van der Waals surface area (Å²) < 4.78 is 5.37. The molecule has 2 heterocycles. The fourth-order valence-electron chi connectivity index (χ4n) is 5.43. The fraction of sp³-hybridized carbons (Fsp3) is 0.696. The molecule has 1 aromatic rings. The Balaban J connectivity index is 1.32. The maximum atomic E-state index is 12.8. The van der Waals surface area contributed by atoms with Crippen LogP contribution in [0.1, 0.15) is 56.9 Å². The first-order chi connectivity index (χ1) is 13.7. The van der Waals surface area contributed by atoms with E-state index in [1.165, 1.54) is 37.7 Å². The minimum atomic E-state index is 0.175. The third-order valence-electron chi connectivity index (χ3n) is 6.94. The minimum absolute atomic E-state index is 0.175. The number of urea groups is 1. The van der Waals surface area contributed by atoms with Crippen molar-refractivity contribution in [1.82, 2.24) is 15.1 Å². The van der Waals surface area contributed by atoms with Crippen LogP contribution in [0, 0.1) is 5.41 Å². The first-order valence-electron chi connectivity index (χ1n) is 11.1. The van der Waals surface area contributed by atoms with E-state index in [1.54, 1.807) is 7.11 Å². The summed E-state index contributed by atoms with van der Waals surface area (Å²) in [5, 5.41) is 3.31. The van der Waals surface area contributed by atoms with Gasteiger partial charge in [-0.2, -0.15) is 0 Å². The van der Waals surface area contributed by atoms with Crippen molar-refractivity contribution >= 4 is 6.03 Å². The number of methoxy groups -OCH3 is 1. The molecule has 3 aliphatic rings. The molecule has 1 atom stereocenters. The molecule has 1 aliphatic carbocycles. The van der Waals surface area contributed by atoms with Gasteiger partial charge in [-0.05, 0) is 56.3 Å². The van der Waals surface area contributed by atoms with Crippen LogP contribution in [0.2, 0.25) is 0 Å². The van der Waals surface area contributed by atoms with Crippen molar-refractivity contribution in [3.63, 3.8) is 0 Å². The second-order valence-electron chi connectivity index (χ2n) is 9.12. The Morgan fingerprint density at radius 3 is 2.82 bits per heavy atom. The largest absolute Gasteiger partial charge is 0.497 e. The third-order valence-corrected chi connectivity index (χ3v) is 6.94. The predicted octanol–water partition coefficient (Wildman–Crippen LogP) is 4.03. The summed E-state index contributed by atoms with van der Waals surface area (Å²) in [5.74, 6) is 0.927. The van der Waals surface area contributed by atoms with E-state index in [-0.39, 0.29) is 11.4 Å². The van der Waals surface area contributed by atoms with Gasteiger partial charge in [0.1, 0.15) is 5.75 Å². The Kier molecular flexibility index (Phi) is 6.10. The van der Waals surface area contributed by atoms with Crippen LogP contribution in [0.3, 0.4) is 0 Å². The highest BCUT2D eigenvalue weighted by Crippen LogP contribution is 2.39. The molecule has 1 aromatic carbocycles. The SMILES string of the molecule is COc1cccc(CN2CCCC3(CCN(C(=O)NC4CCCCC4)C3)C2)c1. The van der Waals surface area contributed by atoms with Gasteiger partial charge in [0.2, 0.25) is 0 Å². The number of nitrogens with one attached hydrogen (secondary N) is 1. The van der Waals surface area contributed by atoms with E-state index in [0.29, 0.717) is 6.04 Å². The Hall–Kier alpha value is -1.75. The van der Waals surface area contributed by atoms with Gasteiger partial charge in [0, 0.05) is 37.6 Å². The number of carbonyl (C=O) groups excluding carboxylic acids is 1. The zero-order valence-corrected chi connectivity index (χ0v) is 17.3. The van der Waals surface area contributed by atoms with Crippen molar-refractivity contribution in [2.45, 2.75) is 64.0 Å². The average Bonchev–Trinajstić information content (AvgIpc) is 3.12. The molecule has 5 nitrogen and oxygen atoms in total. The number of amides is 2. The molecule has 1 saturated carbocycles. The highest BCUT2D eigenvalue weighted by Gasteiger charge is 2.43. The monoisotopic (exact) mass is 385 g/mol. The number of nitrogens with zero attached hydrogens (tertiary/aromatic N) is 2. The van der Waals surface area contributed by atoms with E-state index in [2.05, 4.69) is 33.3 Å². The summed E-state index contributed by atoms with van der Waals surface area (Å²) in [7, 11) is 1.72. The van der Waals surface area contributed by atoms with Gasteiger partial charge in [0.05, 0.1) is 7.11 Å². The van der Waals surface area contributed by atoms with Crippen LogP contribution < -0.4 is 10.1 Å². The number of ether oxygens (including phenoxy) is 1. The molecule has 3 fully saturated rings. The van der Waals surface area contributed by atoms with E-state index in [0.717, 1.165) is 57.7 Å². The summed E-state index contributed by atoms with van der Waals surface area (Å²) in [6.45, 7) is 5.03. The van der Waals surface area contributed by atoms with Crippen molar-refractivity contribution < 1.29 is 9.53 Å². The van der Waals surface area contributed by atoms with Gasteiger partial charge in [0.25, 0.3) is 0 Å². The minimum Gasteiger partial charge on any atom is -0.497 e. The van der Waals surface area contributed by atoms with Crippen LogP contribution in [-0.4, -0.2) is 55.2 Å². The van der Waals surface area contributed by atoms with Crippen molar-refractivity contribution in [3.05, 3.63) is 29.8 Å². The molecule has 1 N–H and O–H groups in total. The summed E-state index contributed by atoms with van der Waals surface area (Å²) in [5.41, 5.74) is 1.59. The molecule has 1 spiro atoms. The topological polar surface area (TPSA) is 44.8 Å². The number of carbonyl (C=O) groups is 1. The molecule has 2 amide bonds. The number of likely N-dealkylation sites (tertiary alicyclic amines) is 2. The first-order valence-corrected chi connectivity index (χ1v) is 11.1.